The van der Waals surface area contributed by atoms with E-state index in [1.807, 2.05) is 31.2 Å². The molecule has 4 nitrogen and oxygen atoms in total. The van der Waals surface area contributed by atoms with Crippen LogP contribution in [0.2, 0.25) is 5.22 Å². The minimum Gasteiger partial charge on any atom is -0.480 e. The molecule has 0 aliphatic carbocycles. The molecule has 1 aromatic heterocycles. The molecular formula is C15H18ClNO3. The largest absolute Gasteiger partial charge is 0.480 e. The Hall–Kier alpha value is -1.52. The van der Waals surface area contributed by atoms with Gasteiger partial charge in [-0.2, -0.15) is 0 Å². The SMILES string of the molecule is CCCC[C@H](NCc1c(Cl)oc2ccccc12)C(=O)O. The van der Waals surface area contributed by atoms with E-state index in [9.17, 15) is 9.90 Å². The molecule has 0 radical (unpaired) electrons. The Morgan fingerprint density at radius 3 is 2.90 bits per heavy atom. The van der Waals surface area contributed by atoms with Crippen LogP contribution in [0.4, 0.5) is 0 Å². The number of para-hydroxylation sites is 1. The Kier molecular flexibility index (Phi) is 5.04. The molecule has 2 rings (SSSR count). The number of hydrogen-bond donors (Lipinski definition) is 2. The lowest BCUT2D eigenvalue weighted by Gasteiger charge is -2.13. The maximum atomic E-state index is 11.2. The molecule has 0 saturated heterocycles. The van der Waals surface area contributed by atoms with E-state index in [0.717, 1.165) is 29.4 Å². The molecule has 1 heterocycles. The van der Waals surface area contributed by atoms with E-state index in [0.29, 0.717) is 18.2 Å². The van der Waals surface area contributed by atoms with Gasteiger partial charge in [-0.05, 0) is 24.1 Å². The summed E-state index contributed by atoms with van der Waals surface area (Å²) >= 11 is 6.08. The number of furan rings is 1. The maximum Gasteiger partial charge on any atom is 0.320 e. The minimum atomic E-state index is -0.831. The van der Waals surface area contributed by atoms with Gasteiger partial charge < -0.3 is 14.8 Å². The van der Waals surface area contributed by atoms with Crippen LogP contribution in [0, 0.1) is 0 Å². The van der Waals surface area contributed by atoms with Gasteiger partial charge in [-0.1, -0.05) is 38.0 Å². The van der Waals surface area contributed by atoms with Crippen LogP contribution >= 0.6 is 11.6 Å². The molecule has 0 unspecified atom stereocenters. The lowest BCUT2D eigenvalue weighted by Crippen LogP contribution is -2.36. The van der Waals surface area contributed by atoms with Crippen molar-refractivity contribution >= 4 is 28.5 Å². The first-order valence-corrected chi connectivity index (χ1v) is 7.13. The molecule has 0 aliphatic heterocycles. The van der Waals surface area contributed by atoms with E-state index in [-0.39, 0.29) is 0 Å². The third-order valence-corrected chi connectivity index (χ3v) is 3.62. The molecule has 5 heteroatoms. The number of aliphatic carboxylic acids is 1. The summed E-state index contributed by atoms with van der Waals surface area (Å²) < 4.78 is 5.45. The van der Waals surface area contributed by atoms with Crippen LogP contribution in [-0.4, -0.2) is 17.1 Å². The van der Waals surface area contributed by atoms with Crippen LogP contribution in [0.1, 0.15) is 31.7 Å². The molecule has 1 aromatic carbocycles. The number of benzene rings is 1. The molecule has 0 fully saturated rings. The van der Waals surface area contributed by atoms with Crippen molar-refractivity contribution in [1.82, 2.24) is 5.32 Å². The summed E-state index contributed by atoms with van der Waals surface area (Å²) in [5, 5.41) is 13.5. The standard InChI is InChI=1S/C15H18ClNO3/c1-2-3-7-12(15(18)19)17-9-11-10-6-4-5-8-13(10)20-14(11)16/h4-6,8,12,17H,2-3,7,9H2,1H3,(H,18,19)/t12-/m0/s1. The first-order valence-electron chi connectivity index (χ1n) is 6.75. The van der Waals surface area contributed by atoms with Crippen LogP contribution in [-0.2, 0) is 11.3 Å². The van der Waals surface area contributed by atoms with E-state index >= 15 is 0 Å². The molecule has 0 aliphatic rings. The third-order valence-electron chi connectivity index (χ3n) is 3.32. The molecule has 20 heavy (non-hydrogen) atoms. The van der Waals surface area contributed by atoms with Crippen LogP contribution < -0.4 is 5.32 Å². The fraction of sp³-hybridized carbons (Fsp3) is 0.400. The monoisotopic (exact) mass is 295 g/mol. The Bertz CT molecular complexity index is 594. The summed E-state index contributed by atoms with van der Waals surface area (Å²) in [5.41, 5.74) is 1.53. The summed E-state index contributed by atoms with van der Waals surface area (Å²) in [6.45, 7) is 2.43. The Morgan fingerprint density at radius 1 is 1.45 bits per heavy atom. The van der Waals surface area contributed by atoms with Gasteiger partial charge in [-0.3, -0.25) is 4.79 Å². The fourth-order valence-electron chi connectivity index (χ4n) is 2.18. The van der Waals surface area contributed by atoms with Crippen molar-refractivity contribution in [2.75, 3.05) is 0 Å². The van der Waals surface area contributed by atoms with Gasteiger partial charge in [0.1, 0.15) is 11.6 Å². The van der Waals surface area contributed by atoms with Gasteiger partial charge >= 0.3 is 5.97 Å². The molecule has 0 spiro atoms. The van der Waals surface area contributed by atoms with Crippen molar-refractivity contribution in [2.45, 2.75) is 38.8 Å². The van der Waals surface area contributed by atoms with Gasteiger partial charge in [-0.25, -0.2) is 0 Å². The quantitative estimate of drug-likeness (QED) is 0.815. The van der Waals surface area contributed by atoms with Crippen molar-refractivity contribution in [3.05, 3.63) is 35.0 Å². The second-order valence-electron chi connectivity index (χ2n) is 4.76. The Balaban J connectivity index is 2.11. The number of rotatable bonds is 7. The number of fused-ring (bicyclic) bond motifs is 1. The predicted molar refractivity (Wildman–Crippen MR) is 79.0 cm³/mol. The fourth-order valence-corrected chi connectivity index (χ4v) is 2.43. The smallest absolute Gasteiger partial charge is 0.320 e. The zero-order valence-electron chi connectivity index (χ0n) is 11.4. The zero-order chi connectivity index (χ0) is 14.5. The van der Waals surface area contributed by atoms with E-state index in [1.165, 1.54) is 0 Å². The van der Waals surface area contributed by atoms with Gasteiger partial charge in [-0.15, -0.1) is 0 Å². The van der Waals surface area contributed by atoms with Crippen LogP contribution in [0.15, 0.2) is 28.7 Å². The number of halogens is 1. The van der Waals surface area contributed by atoms with Crippen molar-refractivity contribution in [2.24, 2.45) is 0 Å². The average molecular weight is 296 g/mol. The lowest BCUT2D eigenvalue weighted by molar-refractivity contribution is -0.139. The van der Waals surface area contributed by atoms with Crippen LogP contribution in [0.3, 0.4) is 0 Å². The average Bonchev–Trinajstić information content (AvgIpc) is 2.74. The number of unbranched alkanes of at least 4 members (excludes halogenated alkanes) is 1. The predicted octanol–water partition coefficient (Wildman–Crippen LogP) is 3.82. The zero-order valence-corrected chi connectivity index (χ0v) is 12.1. The molecule has 2 aromatic rings. The lowest BCUT2D eigenvalue weighted by atomic mass is 10.1. The number of hydrogen-bond acceptors (Lipinski definition) is 3. The summed E-state index contributed by atoms with van der Waals surface area (Å²) in [5.74, 6) is -0.831. The highest BCUT2D eigenvalue weighted by molar-refractivity contribution is 6.30. The molecule has 0 amide bonds. The second-order valence-corrected chi connectivity index (χ2v) is 5.11. The van der Waals surface area contributed by atoms with E-state index in [4.69, 9.17) is 16.0 Å². The first kappa shape index (κ1) is 14.9. The number of carboxylic acid groups (broad SMARTS) is 1. The molecular weight excluding hydrogens is 278 g/mol. The van der Waals surface area contributed by atoms with Gasteiger partial charge in [0, 0.05) is 17.5 Å². The molecule has 1 atom stereocenters. The van der Waals surface area contributed by atoms with Gasteiger partial charge in [0.15, 0.2) is 5.22 Å². The number of carbonyl (C=O) groups is 1. The Morgan fingerprint density at radius 2 is 2.20 bits per heavy atom. The second kappa shape index (κ2) is 6.77. The van der Waals surface area contributed by atoms with Gasteiger partial charge in [0.2, 0.25) is 0 Å². The molecule has 0 saturated carbocycles. The maximum absolute atomic E-state index is 11.2. The van der Waals surface area contributed by atoms with Crippen LogP contribution in [0.25, 0.3) is 11.0 Å². The first-order chi connectivity index (χ1) is 9.63. The molecule has 108 valence electrons. The highest BCUT2D eigenvalue weighted by atomic mass is 35.5. The Labute approximate surface area is 122 Å². The van der Waals surface area contributed by atoms with Crippen LogP contribution in [0.5, 0.6) is 0 Å². The van der Waals surface area contributed by atoms with Gasteiger partial charge in [0.05, 0.1) is 0 Å². The third kappa shape index (κ3) is 3.32. The van der Waals surface area contributed by atoms with E-state index in [2.05, 4.69) is 5.32 Å². The van der Waals surface area contributed by atoms with Crippen molar-refractivity contribution < 1.29 is 14.3 Å². The summed E-state index contributed by atoms with van der Waals surface area (Å²) in [7, 11) is 0. The van der Waals surface area contributed by atoms with Gasteiger partial charge in [0.25, 0.3) is 0 Å². The minimum absolute atomic E-state index is 0.318. The highest BCUT2D eigenvalue weighted by Gasteiger charge is 2.18. The van der Waals surface area contributed by atoms with Crippen molar-refractivity contribution in [1.29, 1.82) is 0 Å². The normalized spacial score (nSPS) is 12.7. The topological polar surface area (TPSA) is 62.5 Å². The van der Waals surface area contributed by atoms with E-state index in [1.54, 1.807) is 0 Å². The van der Waals surface area contributed by atoms with Crippen molar-refractivity contribution in [3.8, 4) is 0 Å². The summed E-state index contributed by atoms with van der Waals surface area (Å²) in [6.07, 6.45) is 2.46. The summed E-state index contributed by atoms with van der Waals surface area (Å²) in [6, 6.07) is 6.99. The molecule has 0 bridgehead atoms. The van der Waals surface area contributed by atoms with Crippen molar-refractivity contribution in [3.63, 3.8) is 0 Å². The number of nitrogens with one attached hydrogen (secondary N) is 1. The number of carboxylic acids is 1. The molecule has 2 N–H and O–H groups in total. The van der Waals surface area contributed by atoms with E-state index < -0.39 is 12.0 Å². The summed E-state index contributed by atoms with van der Waals surface area (Å²) in [4.78, 5) is 11.2. The highest BCUT2D eigenvalue weighted by Crippen LogP contribution is 2.29.